The van der Waals surface area contributed by atoms with Gasteiger partial charge < -0.3 is 24.8 Å². The van der Waals surface area contributed by atoms with Gasteiger partial charge in [-0.05, 0) is 44.6 Å². The van der Waals surface area contributed by atoms with Gasteiger partial charge in [0.15, 0.2) is 0 Å². The number of hydrogen-bond acceptors (Lipinski definition) is 5. The third kappa shape index (κ3) is 5.84. The van der Waals surface area contributed by atoms with Crippen molar-refractivity contribution in [2.45, 2.75) is 19.3 Å². The molecule has 1 N–H and O–H groups in total. The number of nitrogens with one attached hydrogen (secondary N) is 1. The molecule has 7 nitrogen and oxygen atoms in total. The number of halogens is 1. The third-order valence-corrected chi connectivity index (χ3v) is 5.96. The van der Waals surface area contributed by atoms with Crippen LogP contribution in [0.2, 0.25) is 5.02 Å². The molecule has 8 heteroatoms. The minimum Gasteiger partial charge on any atom is -0.495 e. The lowest BCUT2D eigenvalue weighted by molar-refractivity contribution is -0.126. The Morgan fingerprint density at radius 3 is 2.72 bits per heavy atom. The van der Waals surface area contributed by atoms with E-state index in [9.17, 15) is 9.59 Å². The van der Waals surface area contributed by atoms with E-state index in [1.54, 1.807) is 30.2 Å². The SMILES string of the molecule is COc1ccc(Cl)cc1N1CC(C(=O)NCCCCN2CCN(C)CC2)CC1=O. The number of carbonyl (C=O) groups excluding carboxylic acids is 2. The van der Waals surface area contributed by atoms with Crippen molar-refractivity contribution in [2.75, 3.05) is 64.9 Å². The number of methoxy groups -OCH3 is 1. The van der Waals surface area contributed by atoms with Crippen LogP contribution in [0.25, 0.3) is 0 Å². The molecule has 1 unspecified atom stereocenters. The number of amides is 2. The summed E-state index contributed by atoms with van der Waals surface area (Å²) in [6, 6.07) is 5.16. The number of anilines is 1. The van der Waals surface area contributed by atoms with E-state index >= 15 is 0 Å². The first-order valence-corrected chi connectivity index (χ1v) is 10.7. The summed E-state index contributed by atoms with van der Waals surface area (Å²) in [6.07, 6.45) is 2.23. The Hall–Kier alpha value is -1.83. The molecule has 3 rings (SSSR count). The van der Waals surface area contributed by atoms with Gasteiger partial charge in [0.25, 0.3) is 0 Å². The van der Waals surface area contributed by atoms with Crippen LogP contribution in [0.3, 0.4) is 0 Å². The average molecular weight is 423 g/mol. The maximum atomic E-state index is 12.5. The van der Waals surface area contributed by atoms with E-state index in [1.807, 2.05) is 0 Å². The highest BCUT2D eigenvalue weighted by Gasteiger charge is 2.36. The van der Waals surface area contributed by atoms with Gasteiger partial charge in [-0.25, -0.2) is 0 Å². The summed E-state index contributed by atoms with van der Waals surface area (Å²) < 4.78 is 5.34. The number of carbonyl (C=O) groups is 2. The molecule has 29 heavy (non-hydrogen) atoms. The Bertz CT molecular complexity index is 722. The monoisotopic (exact) mass is 422 g/mol. The third-order valence-electron chi connectivity index (χ3n) is 5.72. The lowest BCUT2D eigenvalue weighted by Crippen LogP contribution is -2.44. The predicted molar refractivity (Wildman–Crippen MR) is 115 cm³/mol. The molecule has 2 heterocycles. The number of unbranched alkanes of at least 4 members (excludes halogenated alkanes) is 1. The van der Waals surface area contributed by atoms with Crippen LogP contribution in [-0.2, 0) is 9.59 Å². The van der Waals surface area contributed by atoms with Crippen molar-refractivity contribution in [1.29, 1.82) is 0 Å². The zero-order chi connectivity index (χ0) is 20.8. The summed E-state index contributed by atoms with van der Waals surface area (Å²) >= 11 is 6.08. The van der Waals surface area contributed by atoms with E-state index in [2.05, 4.69) is 22.2 Å². The molecule has 0 aromatic heterocycles. The van der Waals surface area contributed by atoms with Gasteiger partial charge in [-0.3, -0.25) is 9.59 Å². The smallest absolute Gasteiger partial charge is 0.227 e. The van der Waals surface area contributed by atoms with E-state index < -0.39 is 0 Å². The number of benzene rings is 1. The number of nitrogens with zero attached hydrogens (tertiary/aromatic N) is 3. The summed E-state index contributed by atoms with van der Waals surface area (Å²) in [5.74, 6) is 0.0961. The van der Waals surface area contributed by atoms with Crippen LogP contribution in [0.4, 0.5) is 5.69 Å². The number of piperazine rings is 1. The van der Waals surface area contributed by atoms with Crippen LogP contribution < -0.4 is 15.0 Å². The van der Waals surface area contributed by atoms with Crippen molar-refractivity contribution in [2.24, 2.45) is 5.92 Å². The van der Waals surface area contributed by atoms with Crippen molar-refractivity contribution in [3.63, 3.8) is 0 Å². The molecule has 160 valence electrons. The van der Waals surface area contributed by atoms with E-state index in [-0.39, 0.29) is 24.2 Å². The summed E-state index contributed by atoms with van der Waals surface area (Å²) in [4.78, 5) is 31.4. The minimum atomic E-state index is -0.344. The van der Waals surface area contributed by atoms with Gasteiger partial charge in [0.2, 0.25) is 11.8 Å². The van der Waals surface area contributed by atoms with Crippen molar-refractivity contribution < 1.29 is 14.3 Å². The lowest BCUT2D eigenvalue weighted by Gasteiger charge is -2.32. The van der Waals surface area contributed by atoms with E-state index in [0.29, 0.717) is 29.5 Å². The van der Waals surface area contributed by atoms with Crippen LogP contribution in [-0.4, -0.2) is 81.6 Å². The number of rotatable bonds is 8. The van der Waals surface area contributed by atoms with E-state index in [0.717, 1.165) is 45.6 Å². The Kier molecular flexibility index (Phi) is 7.75. The molecule has 2 aliphatic rings. The van der Waals surface area contributed by atoms with Crippen LogP contribution in [0.5, 0.6) is 5.75 Å². The van der Waals surface area contributed by atoms with Gasteiger partial charge in [-0.1, -0.05) is 11.6 Å². The average Bonchev–Trinajstić information content (AvgIpc) is 3.10. The van der Waals surface area contributed by atoms with E-state index in [4.69, 9.17) is 16.3 Å². The number of likely N-dealkylation sites (N-methyl/N-ethyl adjacent to an activating group) is 1. The van der Waals surface area contributed by atoms with Crippen LogP contribution in [0.1, 0.15) is 19.3 Å². The number of hydrogen-bond donors (Lipinski definition) is 1. The van der Waals surface area contributed by atoms with Gasteiger partial charge in [-0.2, -0.15) is 0 Å². The number of ether oxygens (including phenoxy) is 1. The Balaban J connectivity index is 1.42. The Labute approximate surface area is 177 Å². The maximum absolute atomic E-state index is 12.5. The molecule has 2 aliphatic heterocycles. The molecule has 2 saturated heterocycles. The quantitative estimate of drug-likeness (QED) is 0.648. The molecular formula is C21H31ClN4O3. The molecule has 1 aromatic carbocycles. The molecule has 0 radical (unpaired) electrons. The summed E-state index contributed by atoms with van der Waals surface area (Å²) in [6.45, 7) is 6.57. The van der Waals surface area contributed by atoms with Crippen molar-refractivity contribution in [3.8, 4) is 5.75 Å². The zero-order valence-electron chi connectivity index (χ0n) is 17.3. The van der Waals surface area contributed by atoms with Gasteiger partial charge in [-0.15, -0.1) is 0 Å². The van der Waals surface area contributed by atoms with Crippen molar-refractivity contribution in [1.82, 2.24) is 15.1 Å². The van der Waals surface area contributed by atoms with Gasteiger partial charge in [0.05, 0.1) is 18.7 Å². The van der Waals surface area contributed by atoms with Gasteiger partial charge >= 0.3 is 0 Å². The fourth-order valence-corrected chi connectivity index (χ4v) is 4.04. The minimum absolute atomic E-state index is 0.0542. The van der Waals surface area contributed by atoms with Crippen molar-refractivity contribution in [3.05, 3.63) is 23.2 Å². The Morgan fingerprint density at radius 2 is 2.00 bits per heavy atom. The summed E-state index contributed by atoms with van der Waals surface area (Å²) in [5, 5.41) is 3.53. The summed E-state index contributed by atoms with van der Waals surface area (Å²) in [5.41, 5.74) is 0.618. The molecule has 2 fully saturated rings. The van der Waals surface area contributed by atoms with Crippen LogP contribution >= 0.6 is 11.6 Å². The standard InChI is InChI=1S/C21H31ClN4O3/c1-24-9-11-25(12-10-24)8-4-3-7-23-21(28)16-13-20(27)26(15-16)18-14-17(22)5-6-19(18)29-2/h5-6,14,16H,3-4,7-13,15H2,1-2H3,(H,23,28). The largest absolute Gasteiger partial charge is 0.495 e. The molecule has 0 saturated carbocycles. The highest BCUT2D eigenvalue weighted by Crippen LogP contribution is 2.35. The zero-order valence-corrected chi connectivity index (χ0v) is 18.1. The second kappa shape index (κ2) is 10.3. The highest BCUT2D eigenvalue weighted by molar-refractivity contribution is 6.31. The highest BCUT2D eigenvalue weighted by atomic mass is 35.5. The second-order valence-corrected chi connectivity index (χ2v) is 8.30. The van der Waals surface area contributed by atoms with Crippen LogP contribution in [0, 0.1) is 5.92 Å². The summed E-state index contributed by atoms with van der Waals surface area (Å²) in [7, 11) is 3.71. The predicted octanol–water partition coefficient (Wildman–Crippen LogP) is 1.85. The molecule has 1 atom stereocenters. The first-order valence-electron chi connectivity index (χ1n) is 10.3. The topological polar surface area (TPSA) is 65.1 Å². The maximum Gasteiger partial charge on any atom is 0.227 e. The Morgan fingerprint density at radius 1 is 1.24 bits per heavy atom. The fourth-order valence-electron chi connectivity index (χ4n) is 3.88. The molecule has 0 bridgehead atoms. The lowest BCUT2D eigenvalue weighted by atomic mass is 10.1. The van der Waals surface area contributed by atoms with Crippen molar-refractivity contribution >= 4 is 29.1 Å². The normalized spacial score (nSPS) is 20.9. The molecular weight excluding hydrogens is 392 g/mol. The first-order chi connectivity index (χ1) is 14.0. The first kappa shape index (κ1) is 21.9. The molecule has 2 amide bonds. The molecule has 0 aliphatic carbocycles. The van der Waals surface area contributed by atoms with E-state index in [1.165, 1.54) is 0 Å². The van der Waals surface area contributed by atoms with Gasteiger partial charge in [0, 0.05) is 50.7 Å². The van der Waals surface area contributed by atoms with Gasteiger partial charge in [0.1, 0.15) is 5.75 Å². The molecule has 1 aromatic rings. The molecule has 0 spiro atoms. The second-order valence-electron chi connectivity index (χ2n) is 7.86. The fraction of sp³-hybridized carbons (Fsp3) is 0.619. The van der Waals surface area contributed by atoms with Crippen LogP contribution in [0.15, 0.2) is 18.2 Å².